The molecule has 1 amide bonds. The fraction of sp³-hybridized carbons (Fsp3) is 0.615. The first-order valence-corrected chi connectivity index (χ1v) is 17.9. The molecule has 0 spiro atoms. The van der Waals surface area contributed by atoms with E-state index in [1.807, 2.05) is 6.07 Å². The average molecular weight is 684 g/mol. The number of carbonyl (C=O) groups excluding carboxylic acids is 2. The minimum atomic E-state index is -0.677. The van der Waals surface area contributed by atoms with Crippen molar-refractivity contribution in [2.24, 2.45) is 0 Å². The predicted molar refractivity (Wildman–Crippen MR) is 191 cm³/mol. The average Bonchev–Trinajstić information content (AvgIpc) is 3.36. The first-order valence-electron chi connectivity index (χ1n) is 17.9. The maximum atomic E-state index is 13.3. The number of fused-ring (bicyclic) bond motifs is 3. The van der Waals surface area contributed by atoms with Gasteiger partial charge in [0.2, 0.25) is 18.0 Å². The number of esters is 1. The Bertz CT molecular complexity index is 1410. The molecule has 0 unspecified atom stereocenters. The molecule has 0 saturated carbocycles. The second kappa shape index (κ2) is 21.2. The monoisotopic (exact) mass is 683 g/mol. The van der Waals surface area contributed by atoms with E-state index >= 15 is 0 Å². The third-order valence-electron chi connectivity index (χ3n) is 9.33. The summed E-state index contributed by atoms with van der Waals surface area (Å²) in [5.74, 6) is 1.15. The van der Waals surface area contributed by atoms with Gasteiger partial charge in [0.25, 0.3) is 0 Å². The second-order valence-corrected chi connectivity index (χ2v) is 12.7. The van der Waals surface area contributed by atoms with Gasteiger partial charge in [0.1, 0.15) is 0 Å². The van der Waals surface area contributed by atoms with E-state index in [0.29, 0.717) is 47.6 Å². The van der Waals surface area contributed by atoms with E-state index in [1.54, 1.807) is 33.4 Å². The molecule has 0 N–H and O–H groups in total. The molecular weight excluding hydrogens is 626 g/mol. The highest BCUT2D eigenvalue weighted by molar-refractivity contribution is 5.83. The molecule has 0 heterocycles. The fourth-order valence-corrected chi connectivity index (χ4v) is 6.58. The molecule has 0 bridgehead atoms. The van der Waals surface area contributed by atoms with Gasteiger partial charge in [0.15, 0.2) is 17.2 Å². The third-order valence-corrected chi connectivity index (χ3v) is 9.33. The van der Waals surface area contributed by atoms with Gasteiger partial charge in [-0.2, -0.15) is 0 Å². The number of amides is 1. The topological polar surface area (TPSA) is 110 Å². The van der Waals surface area contributed by atoms with Crippen LogP contribution in [-0.4, -0.2) is 59.2 Å². The lowest BCUT2D eigenvalue weighted by Crippen LogP contribution is -2.33. The highest BCUT2D eigenvalue weighted by Crippen LogP contribution is 2.50. The van der Waals surface area contributed by atoms with Gasteiger partial charge < -0.3 is 33.3 Å². The van der Waals surface area contributed by atoms with E-state index in [1.165, 1.54) is 89.4 Å². The Kier molecular flexibility index (Phi) is 17.1. The van der Waals surface area contributed by atoms with Gasteiger partial charge in [-0.05, 0) is 54.2 Å². The first kappa shape index (κ1) is 39.5. The molecule has 10 heteroatoms. The zero-order chi connectivity index (χ0) is 35.6. The zero-order valence-corrected chi connectivity index (χ0v) is 30.5. The number of benzene rings is 1. The molecule has 1 aliphatic rings. The number of rotatable bonds is 21. The zero-order valence-electron chi connectivity index (χ0n) is 30.5. The van der Waals surface area contributed by atoms with E-state index in [9.17, 15) is 14.4 Å². The Morgan fingerprint density at radius 2 is 1.33 bits per heavy atom. The fourth-order valence-electron chi connectivity index (χ4n) is 6.58. The van der Waals surface area contributed by atoms with Crippen molar-refractivity contribution < 1.29 is 38.0 Å². The largest absolute Gasteiger partial charge is 0.493 e. The molecular formula is C39H57NO9. The van der Waals surface area contributed by atoms with Crippen molar-refractivity contribution in [2.75, 3.05) is 42.3 Å². The Balaban J connectivity index is 1.56. The van der Waals surface area contributed by atoms with Crippen LogP contribution in [0.4, 0.5) is 4.79 Å². The summed E-state index contributed by atoms with van der Waals surface area (Å²) in [5.41, 5.74) is 2.58. The van der Waals surface area contributed by atoms with Crippen molar-refractivity contribution in [1.82, 2.24) is 4.90 Å². The van der Waals surface area contributed by atoms with Crippen LogP contribution >= 0.6 is 0 Å². The van der Waals surface area contributed by atoms with E-state index in [4.69, 9.17) is 28.4 Å². The Hall–Kier alpha value is -3.95. The Morgan fingerprint density at radius 1 is 0.735 bits per heavy atom. The van der Waals surface area contributed by atoms with Crippen LogP contribution in [0.5, 0.6) is 23.0 Å². The van der Waals surface area contributed by atoms with Gasteiger partial charge in [-0.15, -0.1) is 0 Å². The van der Waals surface area contributed by atoms with E-state index < -0.39 is 18.9 Å². The van der Waals surface area contributed by atoms with Crippen molar-refractivity contribution in [3.05, 3.63) is 45.6 Å². The van der Waals surface area contributed by atoms with Crippen LogP contribution in [0.2, 0.25) is 0 Å². The Morgan fingerprint density at radius 3 is 1.90 bits per heavy atom. The number of hydrogen-bond acceptors (Lipinski definition) is 9. The van der Waals surface area contributed by atoms with Crippen LogP contribution in [-0.2, 0) is 20.7 Å². The highest BCUT2D eigenvalue weighted by Gasteiger charge is 2.32. The van der Waals surface area contributed by atoms with Crippen molar-refractivity contribution in [2.45, 2.75) is 116 Å². The number of unbranched alkanes of at least 4 members (excludes halogenated alkanes) is 12. The summed E-state index contributed by atoms with van der Waals surface area (Å²) in [4.78, 5) is 40.2. The van der Waals surface area contributed by atoms with E-state index in [-0.39, 0.29) is 17.1 Å². The van der Waals surface area contributed by atoms with Gasteiger partial charge in [-0.1, -0.05) is 90.0 Å². The SMILES string of the molecule is CCCCCCCCCCCCCCCC(=O)OCOC(=O)N(C)[C@H]1CCc2cc(OC)c(OC)c(OC)c2-c2ccc(OC)c(=O)cc21. The summed E-state index contributed by atoms with van der Waals surface area (Å²) in [6.45, 7) is 1.77. The van der Waals surface area contributed by atoms with Crippen LogP contribution in [0.1, 0.15) is 120 Å². The molecule has 2 aromatic rings. The lowest BCUT2D eigenvalue weighted by atomic mass is 9.95. The van der Waals surface area contributed by atoms with E-state index in [0.717, 1.165) is 30.4 Å². The molecule has 1 aliphatic carbocycles. The Labute approximate surface area is 292 Å². The summed E-state index contributed by atoms with van der Waals surface area (Å²) in [6, 6.07) is 6.23. The summed E-state index contributed by atoms with van der Waals surface area (Å²) in [7, 11) is 7.68. The van der Waals surface area contributed by atoms with Gasteiger partial charge >= 0.3 is 12.1 Å². The maximum Gasteiger partial charge on any atom is 0.412 e. The molecule has 0 fully saturated rings. The van der Waals surface area contributed by atoms with Crippen LogP contribution in [0.3, 0.4) is 0 Å². The molecule has 0 aliphatic heterocycles. The van der Waals surface area contributed by atoms with Crippen molar-refractivity contribution in [3.63, 3.8) is 0 Å². The van der Waals surface area contributed by atoms with Crippen LogP contribution < -0.4 is 24.4 Å². The van der Waals surface area contributed by atoms with Gasteiger partial charge in [0.05, 0.1) is 34.5 Å². The number of aryl methyl sites for hydroxylation is 1. The van der Waals surface area contributed by atoms with Crippen molar-refractivity contribution in [3.8, 4) is 34.1 Å². The summed E-state index contributed by atoms with van der Waals surface area (Å²) in [6.07, 6.45) is 16.6. The summed E-state index contributed by atoms with van der Waals surface area (Å²) >= 11 is 0. The second-order valence-electron chi connectivity index (χ2n) is 12.7. The highest BCUT2D eigenvalue weighted by atomic mass is 16.7. The first-order chi connectivity index (χ1) is 23.8. The number of nitrogens with zero attached hydrogens (tertiary/aromatic N) is 1. The standard InChI is InChI=1S/C39H57NO9/c1-7-8-9-10-11-12-13-14-15-16-17-18-19-20-35(42)48-27-49-39(43)40(2)31-23-21-28-25-34(45-4)37(46-5)38(47-6)36(28)29-22-24-33(44-3)32(41)26-30(29)31/h22,24-26,31H,7-21,23,27H2,1-6H3/t31-/m0/s1. The predicted octanol–water partition coefficient (Wildman–Crippen LogP) is 8.79. The molecule has 3 rings (SSSR count). The van der Waals surface area contributed by atoms with Gasteiger partial charge in [0, 0.05) is 19.0 Å². The number of hydrogen-bond donors (Lipinski definition) is 0. The molecule has 0 saturated heterocycles. The van der Waals surface area contributed by atoms with Crippen molar-refractivity contribution >= 4 is 12.1 Å². The molecule has 1 atom stereocenters. The van der Waals surface area contributed by atoms with Crippen LogP contribution in [0.25, 0.3) is 11.1 Å². The third kappa shape index (κ3) is 11.3. The molecule has 0 radical (unpaired) electrons. The minimum absolute atomic E-state index is 0.161. The number of carbonyl (C=O) groups is 2. The maximum absolute atomic E-state index is 13.3. The van der Waals surface area contributed by atoms with Crippen LogP contribution in [0.15, 0.2) is 29.1 Å². The lowest BCUT2D eigenvalue weighted by molar-refractivity contribution is -0.152. The summed E-state index contributed by atoms with van der Waals surface area (Å²) in [5, 5.41) is 0. The molecule has 0 aromatic heterocycles. The molecule has 272 valence electrons. The quantitative estimate of drug-likeness (QED) is 0.0724. The number of methoxy groups -OCH3 is 4. The molecule has 2 aromatic carbocycles. The normalized spacial score (nSPS) is 13.4. The minimum Gasteiger partial charge on any atom is -0.493 e. The van der Waals surface area contributed by atoms with Crippen molar-refractivity contribution in [1.29, 1.82) is 0 Å². The summed E-state index contributed by atoms with van der Waals surface area (Å²) < 4.78 is 33.0. The van der Waals surface area contributed by atoms with Gasteiger partial charge in [-0.25, -0.2) is 4.79 Å². The smallest absolute Gasteiger partial charge is 0.412 e. The molecule has 49 heavy (non-hydrogen) atoms. The van der Waals surface area contributed by atoms with Gasteiger partial charge in [-0.3, -0.25) is 9.59 Å². The van der Waals surface area contributed by atoms with Crippen LogP contribution in [0, 0.1) is 0 Å². The lowest BCUT2D eigenvalue weighted by Gasteiger charge is -2.27. The number of ether oxygens (including phenoxy) is 6. The van der Waals surface area contributed by atoms with E-state index in [2.05, 4.69) is 6.92 Å². The molecule has 10 nitrogen and oxygen atoms in total.